The van der Waals surface area contributed by atoms with Crippen LogP contribution in [0.15, 0.2) is 16.6 Å². The molecule has 1 rings (SSSR count). The van der Waals surface area contributed by atoms with Gasteiger partial charge in [0.1, 0.15) is 0 Å². The molecule has 0 aliphatic carbocycles. The van der Waals surface area contributed by atoms with Crippen molar-refractivity contribution in [1.82, 2.24) is 0 Å². The van der Waals surface area contributed by atoms with Gasteiger partial charge in [0.15, 0.2) is 0 Å². The molecule has 1 aromatic carbocycles. The van der Waals surface area contributed by atoms with Gasteiger partial charge in [0.25, 0.3) is 0 Å². The van der Waals surface area contributed by atoms with Crippen LogP contribution >= 0.6 is 15.9 Å². The van der Waals surface area contributed by atoms with Gasteiger partial charge >= 0.3 is 0 Å². The molecule has 1 aromatic rings. The Balaban J connectivity index is 3.13. The van der Waals surface area contributed by atoms with Gasteiger partial charge in [-0.3, -0.25) is 4.72 Å². The molecular formula is C11H17BrN2O2S. The van der Waals surface area contributed by atoms with Crippen molar-refractivity contribution in [2.75, 3.05) is 11.3 Å². The van der Waals surface area contributed by atoms with E-state index in [0.717, 1.165) is 15.6 Å². The number of halogens is 1. The number of nitrogens with two attached hydrogens (primary N) is 1. The lowest BCUT2D eigenvalue weighted by molar-refractivity contribution is 0.589. The summed E-state index contributed by atoms with van der Waals surface area (Å²) >= 11 is 3.36. The Labute approximate surface area is 111 Å². The first kappa shape index (κ1) is 14.5. The number of hydrogen-bond acceptors (Lipinski definition) is 3. The fourth-order valence-electron chi connectivity index (χ4n) is 1.41. The van der Waals surface area contributed by atoms with E-state index >= 15 is 0 Å². The highest BCUT2D eigenvalue weighted by Gasteiger charge is 2.20. The molecule has 0 saturated carbocycles. The number of anilines is 1. The lowest BCUT2D eigenvalue weighted by atomic mass is 10.1. The lowest BCUT2D eigenvalue weighted by Gasteiger charge is -2.16. The second-order valence-electron chi connectivity index (χ2n) is 4.13. The first-order chi connectivity index (χ1) is 7.77. The van der Waals surface area contributed by atoms with E-state index in [1.807, 2.05) is 26.0 Å². The van der Waals surface area contributed by atoms with Gasteiger partial charge in [-0.25, -0.2) is 8.42 Å². The molecule has 0 aromatic heterocycles. The molecule has 0 radical (unpaired) electrons. The second kappa shape index (κ2) is 5.37. The molecule has 17 heavy (non-hydrogen) atoms. The van der Waals surface area contributed by atoms with Gasteiger partial charge in [-0.15, -0.1) is 0 Å². The third-order valence-electron chi connectivity index (χ3n) is 2.54. The van der Waals surface area contributed by atoms with Crippen LogP contribution in [0.4, 0.5) is 5.69 Å². The summed E-state index contributed by atoms with van der Waals surface area (Å²) in [6.07, 6.45) is 0. The van der Waals surface area contributed by atoms with Crippen LogP contribution in [0, 0.1) is 13.8 Å². The molecule has 1 unspecified atom stereocenters. The summed E-state index contributed by atoms with van der Waals surface area (Å²) < 4.78 is 27.1. The summed E-state index contributed by atoms with van der Waals surface area (Å²) in [6.45, 7) is 5.50. The maximum Gasteiger partial charge on any atom is 0.236 e. The molecule has 4 nitrogen and oxygen atoms in total. The lowest BCUT2D eigenvalue weighted by Crippen LogP contribution is -2.32. The molecule has 0 bridgehead atoms. The fraction of sp³-hybridized carbons (Fsp3) is 0.455. The van der Waals surface area contributed by atoms with Crippen molar-refractivity contribution in [3.05, 3.63) is 27.7 Å². The summed E-state index contributed by atoms with van der Waals surface area (Å²) in [5, 5.41) is -0.616. The van der Waals surface area contributed by atoms with Crippen molar-refractivity contribution in [3.63, 3.8) is 0 Å². The van der Waals surface area contributed by atoms with Crippen molar-refractivity contribution in [2.45, 2.75) is 26.0 Å². The van der Waals surface area contributed by atoms with Crippen molar-refractivity contribution >= 4 is 31.6 Å². The number of aryl methyl sites for hydroxylation is 2. The summed E-state index contributed by atoms with van der Waals surface area (Å²) in [5.41, 5.74) is 7.91. The summed E-state index contributed by atoms with van der Waals surface area (Å²) in [4.78, 5) is 0. The van der Waals surface area contributed by atoms with Gasteiger partial charge < -0.3 is 5.73 Å². The summed E-state index contributed by atoms with van der Waals surface area (Å²) in [5.74, 6) is 0. The average Bonchev–Trinajstić information content (AvgIpc) is 2.22. The standard InChI is InChI=1S/C11H17BrN2O2S/c1-7-4-8(2)11(10(12)5-7)14-17(15,16)9(3)6-13/h4-5,9,14H,6,13H2,1-3H3. The summed E-state index contributed by atoms with van der Waals surface area (Å²) in [7, 11) is -3.43. The molecule has 0 fully saturated rings. The van der Waals surface area contributed by atoms with Gasteiger partial charge in [0.05, 0.1) is 10.9 Å². The Hall–Kier alpha value is -0.590. The third-order valence-corrected chi connectivity index (χ3v) is 4.90. The van der Waals surface area contributed by atoms with E-state index in [2.05, 4.69) is 20.7 Å². The topological polar surface area (TPSA) is 72.2 Å². The molecule has 96 valence electrons. The SMILES string of the molecule is Cc1cc(C)c(NS(=O)(=O)C(C)CN)c(Br)c1. The maximum absolute atomic E-state index is 11.9. The molecule has 1 atom stereocenters. The first-order valence-corrected chi connectivity index (χ1v) is 7.60. The van der Waals surface area contributed by atoms with Gasteiger partial charge in [-0.05, 0) is 53.9 Å². The molecule has 0 aliphatic rings. The van der Waals surface area contributed by atoms with E-state index in [4.69, 9.17) is 5.73 Å². The highest BCUT2D eigenvalue weighted by molar-refractivity contribution is 9.10. The minimum absolute atomic E-state index is 0.0951. The molecule has 0 saturated heterocycles. The van der Waals surface area contributed by atoms with Crippen LogP contribution in [0.5, 0.6) is 0 Å². The van der Waals surface area contributed by atoms with Crippen LogP contribution in [-0.2, 0) is 10.0 Å². The molecule has 3 N–H and O–H groups in total. The van der Waals surface area contributed by atoms with Gasteiger partial charge in [-0.1, -0.05) is 6.07 Å². The molecule has 0 heterocycles. The van der Waals surface area contributed by atoms with Crippen molar-refractivity contribution in [2.24, 2.45) is 5.73 Å². The van der Waals surface area contributed by atoms with Gasteiger partial charge in [-0.2, -0.15) is 0 Å². The number of sulfonamides is 1. The van der Waals surface area contributed by atoms with E-state index in [1.54, 1.807) is 6.92 Å². The minimum Gasteiger partial charge on any atom is -0.329 e. The minimum atomic E-state index is -3.43. The zero-order valence-electron chi connectivity index (χ0n) is 10.1. The van der Waals surface area contributed by atoms with Crippen LogP contribution in [0.3, 0.4) is 0 Å². The van der Waals surface area contributed by atoms with E-state index in [-0.39, 0.29) is 6.54 Å². The number of hydrogen-bond donors (Lipinski definition) is 2. The van der Waals surface area contributed by atoms with Crippen LogP contribution < -0.4 is 10.5 Å². The fourth-order valence-corrected chi connectivity index (χ4v) is 3.33. The first-order valence-electron chi connectivity index (χ1n) is 5.26. The zero-order chi connectivity index (χ0) is 13.2. The second-order valence-corrected chi connectivity index (χ2v) is 7.09. The Morgan fingerprint density at radius 3 is 2.47 bits per heavy atom. The van der Waals surface area contributed by atoms with Gasteiger partial charge in [0.2, 0.25) is 10.0 Å². The highest BCUT2D eigenvalue weighted by atomic mass is 79.9. The average molecular weight is 321 g/mol. The Morgan fingerprint density at radius 2 is 2.00 bits per heavy atom. The van der Waals surface area contributed by atoms with E-state index in [0.29, 0.717) is 5.69 Å². The predicted molar refractivity (Wildman–Crippen MR) is 74.7 cm³/mol. The molecule has 0 amide bonds. The normalized spacial score (nSPS) is 13.5. The Morgan fingerprint density at radius 1 is 1.41 bits per heavy atom. The predicted octanol–water partition coefficient (Wildman–Crippen LogP) is 2.15. The quantitative estimate of drug-likeness (QED) is 0.892. The van der Waals surface area contributed by atoms with Gasteiger partial charge in [0, 0.05) is 11.0 Å². The van der Waals surface area contributed by atoms with E-state index in [9.17, 15) is 8.42 Å². The number of benzene rings is 1. The summed E-state index contributed by atoms with van der Waals surface area (Å²) in [6, 6.07) is 3.80. The van der Waals surface area contributed by atoms with Crippen LogP contribution in [0.1, 0.15) is 18.1 Å². The van der Waals surface area contributed by atoms with Crippen LogP contribution in [-0.4, -0.2) is 20.2 Å². The van der Waals surface area contributed by atoms with Crippen LogP contribution in [0.2, 0.25) is 0 Å². The van der Waals surface area contributed by atoms with Crippen molar-refractivity contribution in [3.8, 4) is 0 Å². The van der Waals surface area contributed by atoms with Crippen molar-refractivity contribution in [1.29, 1.82) is 0 Å². The monoisotopic (exact) mass is 320 g/mol. The number of nitrogens with one attached hydrogen (secondary N) is 1. The van der Waals surface area contributed by atoms with E-state index < -0.39 is 15.3 Å². The Bertz CT molecular complexity index is 491. The zero-order valence-corrected chi connectivity index (χ0v) is 12.5. The van der Waals surface area contributed by atoms with E-state index in [1.165, 1.54) is 0 Å². The molecule has 0 spiro atoms. The smallest absolute Gasteiger partial charge is 0.236 e. The Kier molecular flexibility index (Phi) is 4.57. The molecular weight excluding hydrogens is 304 g/mol. The number of rotatable bonds is 4. The largest absolute Gasteiger partial charge is 0.329 e. The van der Waals surface area contributed by atoms with Crippen LogP contribution in [0.25, 0.3) is 0 Å². The maximum atomic E-state index is 11.9. The van der Waals surface area contributed by atoms with Crippen molar-refractivity contribution < 1.29 is 8.42 Å². The molecule has 0 aliphatic heterocycles. The highest BCUT2D eigenvalue weighted by Crippen LogP contribution is 2.29. The third kappa shape index (κ3) is 3.43. The molecule has 6 heteroatoms.